The van der Waals surface area contributed by atoms with E-state index in [9.17, 15) is 24.9 Å². The maximum Gasteiger partial charge on any atom is 0.308 e. The second kappa shape index (κ2) is 18.1. The van der Waals surface area contributed by atoms with Crippen LogP contribution in [0.25, 0.3) is 0 Å². The van der Waals surface area contributed by atoms with E-state index < -0.39 is 54.7 Å². The molecule has 0 aliphatic carbocycles. The lowest BCUT2D eigenvalue weighted by Crippen LogP contribution is -2.53. The average Bonchev–Trinajstić information content (AvgIpc) is 2.80. The van der Waals surface area contributed by atoms with Crippen LogP contribution in [0.3, 0.4) is 0 Å². The number of hydrogen-bond acceptors (Lipinski definition) is 7. The zero-order valence-corrected chi connectivity index (χ0v) is 22.3. The summed E-state index contributed by atoms with van der Waals surface area (Å²) in [7, 11) is 0. The summed E-state index contributed by atoms with van der Waals surface area (Å²) in [5.74, 6) is -1.91. The maximum absolute atomic E-state index is 12.8. The first-order valence-electron chi connectivity index (χ1n) is 13.8. The third-order valence-corrected chi connectivity index (χ3v) is 6.83. The molecule has 8 heteroatoms. The number of aliphatic hydroxyl groups is 2. The van der Waals surface area contributed by atoms with Crippen molar-refractivity contribution in [2.45, 2.75) is 154 Å². The van der Waals surface area contributed by atoms with Gasteiger partial charge in [-0.25, -0.2) is 0 Å². The quantitative estimate of drug-likeness (QED) is 0.167. The number of carbonyl (C=O) groups is 2. The highest BCUT2D eigenvalue weighted by Gasteiger charge is 2.41. The Morgan fingerprint density at radius 2 is 1.34 bits per heavy atom. The number of hydrogen-bond donors (Lipinski definition) is 3. The van der Waals surface area contributed by atoms with E-state index >= 15 is 0 Å². The van der Waals surface area contributed by atoms with Crippen LogP contribution in [0, 0.1) is 5.92 Å². The minimum Gasteiger partial charge on any atom is -0.481 e. The van der Waals surface area contributed by atoms with Crippen LogP contribution in [0.5, 0.6) is 0 Å². The third-order valence-electron chi connectivity index (χ3n) is 6.83. The smallest absolute Gasteiger partial charge is 0.308 e. The second-order valence-corrected chi connectivity index (χ2v) is 10.1. The molecular weight excluding hydrogens is 452 g/mol. The first kappa shape index (κ1) is 31.8. The molecule has 35 heavy (non-hydrogen) atoms. The van der Waals surface area contributed by atoms with Crippen LogP contribution in [0.1, 0.15) is 118 Å². The van der Waals surface area contributed by atoms with E-state index in [1.54, 1.807) is 13.8 Å². The van der Waals surface area contributed by atoms with E-state index in [1.165, 1.54) is 0 Å². The van der Waals surface area contributed by atoms with Crippen LogP contribution < -0.4 is 0 Å². The monoisotopic (exact) mass is 502 g/mol. The van der Waals surface area contributed by atoms with Crippen LogP contribution in [0.2, 0.25) is 0 Å². The van der Waals surface area contributed by atoms with E-state index in [1.807, 2.05) is 0 Å². The van der Waals surface area contributed by atoms with Crippen molar-refractivity contribution in [2.75, 3.05) is 0 Å². The van der Waals surface area contributed by atoms with Crippen molar-refractivity contribution in [3.05, 3.63) is 0 Å². The van der Waals surface area contributed by atoms with Crippen molar-refractivity contribution in [3.8, 4) is 0 Å². The molecule has 0 saturated carbocycles. The summed E-state index contributed by atoms with van der Waals surface area (Å²) in [5.41, 5.74) is 0. The number of ether oxygens (including phenoxy) is 3. The van der Waals surface area contributed by atoms with Crippen molar-refractivity contribution in [1.82, 2.24) is 0 Å². The number of esters is 1. The molecule has 206 valence electrons. The molecule has 0 spiro atoms. The van der Waals surface area contributed by atoms with Gasteiger partial charge in [0.25, 0.3) is 0 Å². The first-order valence-corrected chi connectivity index (χ1v) is 13.8. The van der Waals surface area contributed by atoms with Gasteiger partial charge in [-0.05, 0) is 26.2 Å². The molecule has 3 N–H and O–H groups in total. The molecule has 7 atom stereocenters. The Morgan fingerprint density at radius 1 is 0.800 bits per heavy atom. The van der Waals surface area contributed by atoms with E-state index in [2.05, 4.69) is 13.8 Å². The number of aliphatic hydroxyl groups excluding tert-OH is 2. The Hall–Kier alpha value is -1.22. The number of rotatable bonds is 19. The lowest BCUT2D eigenvalue weighted by atomic mass is 9.93. The minimum absolute atomic E-state index is 0.000653. The maximum atomic E-state index is 12.8. The van der Waals surface area contributed by atoms with Gasteiger partial charge in [0.2, 0.25) is 0 Å². The zero-order chi connectivity index (χ0) is 26.2. The SMILES string of the molecule is CCCCCCCC(CC(=O)O)OC(=O)CC(CCCCCCC)OC1OC(C)C(O)C(O)C1C. The molecule has 1 aliphatic heterocycles. The summed E-state index contributed by atoms with van der Waals surface area (Å²) >= 11 is 0. The lowest BCUT2D eigenvalue weighted by molar-refractivity contribution is -0.286. The summed E-state index contributed by atoms with van der Waals surface area (Å²) in [6, 6.07) is 0. The van der Waals surface area contributed by atoms with Gasteiger partial charge in [-0.15, -0.1) is 0 Å². The molecule has 0 aromatic rings. The molecule has 1 fully saturated rings. The highest BCUT2D eigenvalue weighted by Crippen LogP contribution is 2.29. The van der Waals surface area contributed by atoms with Gasteiger partial charge in [0.05, 0.1) is 31.2 Å². The number of carbonyl (C=O) groups excluding carboxylic acids is 1. The molecule has 0 amide bonds. The van der Waals surface area contributed by atoms with Crippen LogP contribution in [-0.4, -0.2) is 64.1 Å². The standard InChI is InChI=1S/C27H50O8/c1-5-7-9-11-13-15-21(17-23(28)29)34-24(30)18-22(16-14-12-10-8-6-2)35-27-19(3)25(31)26(32)20(4)33-27/h19-22,25-27,31-32H,5-18H2,1-4H3,(H,28,29). The van der Waals surface area contributed by atoms with Crippen molar-refractivity contribution >= 4 is 11.9 Å². The minimum atomic E-state index is -0.989. The van der Waals surface area contributed by atoms with Gasteiger partial charge in [-0.2, -0.15) is 0 Å². The Morgan fingerprint density at radius 3 is 1.89 bits per heavy atom. The highest BCUT2D eigenvalue weighted by atomic mass is 16.7. The Kier molecular flexibility index (Phi) is 16.4. The Bertz CT molecular complexity index is 584. The van der Waals surface area contributed by atoms with E-state index in [0.29, 0.717) is 12.8 Å². The zero-order valence-electron chi connectivity index (χ0n) is 22.3. The molecule has 7 unspecified atom stereocenters. The summed E-state index contributed by atoms with van der Waals surface area (Å²) in [6.45, 7) is 7.73. The van der Waals surface area contributed by atoms with Crippen LogP contribution in [-0.2, 0) is 23.8 Å². The normalized spacial score (nSPS) is 26.3. The molecule has 0 aromatic carbocycles. The number of aliphatic carboxylic acids is 1. The predicted octanol–water partition coefficient (Wildman–Crippen LogP) is 4.97. The van der Waals surface area contributed by atoms with Gasteiger partial charge in [-0.3, -0.25) is 9.59 Å². The van der Waals surface area contributed by atoms with Crippen molar-refractivity contribution < 1.29 is 39.1 Å². The Balaban J connectivity index is 2.72. The molecule has 0 radical (unpaired) electrons. The topological polar surface area (TPSA) is 123 Å². The molecule has 1 saturated heterocycles. The fourth-order valence-electron chi connectivity index (χ4n) is 4.50. The molecule has 1 rings (SSSR count). The van der Waals surface area contributed by atoms with Crippen LogP contribution >= 0.6 is 0 Å². The number of carboxylic acid groups (broad SMARTS) is 1. The first-order chi connectivity index (χ1) is 16.7. The summed E-state index contributed by atoms with van der Waals surface area (Å²) in [6.07, 6.45) is 7.08. The molecule has 8 nitrogen and oxygen atoms in total. The van der Waals surface area contributed by atoms with Crippen molar-refractivity contribution in [1.29, 1.82) is 0 Å². The lowest BCUT2D eigenvalue weighted by Gasteiger charge is -2.41. The molecule has 0 aromatic heterocycles. The molecular formula is C27H50O8. The third kappa shape index (κ3) is 13.1. The fourth-order valence-corrected chi connectivity index (χ4v) is 4.50. The number of carboxylic acids is 1. The summed E-state index contributed by atoms with van der Waals surface area (Å²) < 4.78 is 17.5. The van der Waals surface area contributed by atoms with E-state index in [-0.39, 0.29) is 12.8 Å². The summed E-state index contributed by atoms with van der Waals surface area (Å²) in [4.78, 5) is 24.1. The second-order valence-electron chi connectivity index (χ2n) is 10.1. The fraction of sp³-hybridized carbons (Fsp3) is 0.926. The number of unbranched alkanes of at least 4 members (excludes halogenated alkanes) is 8. The molecule has 1 aliphatic rings. The van der Waals surface area contributed by atoms with Gasteiger partial charge in [0.1, 0.15) is 12.2 Å². The van der Waals surface area contributed by atoms with Gasteiger partial charge < -0.3 is 29.5 Å². The average molecular weight is 503 g/mol. The van der Waals surface area contributed by atoms with Gasteiger partial charge in [0.15, 0.2) is 6.29 Å². The van der Waals surface area contributed by atoms with Gasteiger partial charge in [-0.1, -0.05) is 78.6 Å². The van der Waals surface area contributed by atoms with Crippen LogP contribution in [0.15, 0.2) is 0 Å². The Labute approximate surface area is 211 Å². The highest BCUT2D eigenvalue weighted by molar-refractivity contribution is 5.72. The predicted molar refractivity (Wildman–Crippen MR) is 134 cm³/mol. The van der Waals surface area contributed by atoms with Gasteiger partial charge >= 0.3 is 11.9 Å². The van der Waals surface area contributed by atoms with Crippen molar-refractivity contribution in [2.24, 2.45) is 5.92 Å². The van der Waals surface area contributed by atoms with Crippen LogP contribution in [0.4, 0.5) is 0 Å². The molecule has 0 bridgehead atoms. The summed E-state index contributed by atoms with van der Waals surface area (Å²) in [5, 5.41) is 29.7. The van der Waals surface area contributed by atoms with E-state index in [4.69, 9.17) is 14.2 Å². The largest absolute Gasteiger partial charge is 0.481 e. The van der Waals surface area contributed by atoms with E-state index in [0.717, 1.165) is 64.2 Å². The van der Waals surface area contributed by atoms with Gasteiger partial charge in [0, 0.05) is 5.92 Å². The van der Waals surface area contributed by atoms with Crippen molar-refractivity contribution in [3.63, 3.8) is 0 Å². The molecule has 1 heterocycles.